The molecule has 1 atom stereocenters. The number of halogens is 1. The largest absolute Gasteiger partial charge is 0.495 e. The van der Waals surface area contributed by atoms with E-state index in [1.165, 1.54) is 13.2 Å². The highest BCUT2D eigenvalue weighted by Crippen LogP contribution is 2.32. The quantitative estimate of drug-likeness (QED) is 0.893. The number of benzene rings is 2. The number of hydrogen-bond donors (Lipinski definition) is 2. The minimum absolute atomic E-state index is 0.229. The van der Waals surface area contributed by atoms with Crippen molar-refractivity contribution in [1.29, 1.82) is 0 Å². The highest BCUT2D eigenvalue weighted by atomic mass is 35.5. The Kier molecular flexibility index (Phi) is 4.31. The van der Waals surface area contributed by atoms with Crippen LogP contribution in [-0.4, -0.2) is 25.0 Å². The fourth-order valence-corrected chi connectivity index (χ4v) is 2.56. The number of rotatable bonds is 3. The van der Waals surface area contributed by atoms with Crippen molar-refractivity contribution >= 4 is 34.8 Å². The van der Waals surface area contributed by atoms with E-state index in [1.807, 2.05) is 0 Å². The lowest BCUT2D eigenvalue weighted by Gasteiger charge is -2.23. The van der Waals surface area contributed by atoms with Crippen molar-refractivity contribution < 1.29 is 19.1 Å². The molecule has 24 heavy (non-hydrogen) atoms. The molecule has 0 aliphatic carbocycles. The topological polar surface area (TPSA) is 76.7 Å². The Balaban J connectivity index is 1.79. The molecule has 2 amide bonds. The van der Waals surface area contributed by atoms with Crippen molar-refractivity contribution in [1.82, 2.24) is 0 Å². The summed E-state index contributed by atoms with van der Waals surface area (Å²) in [5, 5.41) is 5.84. The second-order valence-corrected chi connectivity index (χ2v) is 5.67. The van der Waals surface area contributed by atoms with Crippen molar-refractivity contribution in [3.63, 3.8) is 0 Å². The lowest BCUT2D eigenvalue weighted by atomic mass is 10.1. The van der Waals surface area contributed by atoms with Gasteiger partial charge in [0.1, 0.15) is 11.5 Å². The first-order valence-electron chi connectivity index (χ1n) is 7.24. The third-order valence-electron chi connectivity index (χ3n) is 3.58. The van der Waals surface area contributed by atoms with E-state index in [0.717, 1.165) is 0 Å². The number of carbonyl (C=O) groups is 2. The summed E-state index contributed by atoms with van der Waals surface area (Å²) in [6, 6.07) is 9.81. The third-order valence-corrected chi connectivity index (χ3v) is 3.88. The number of hydrogen-bond acceptors (Lipinski definition) is 4. The first-order valence-corrected chi connectivity index (χ1v) is 7.62. The van der Waals surface area contributed by atoms with Crippen LogP contribution in [0, 0.1) is 0 Å². The van der Waals surface area contributed by atoms with Crippen LogP contribution in [0.5, 0.6) is 11.5 Å². The molecule has 1 heterocycles. The van der Waals surface area contributed by atoms with Gasteiger partial charge in [-0.15, -0.1) is 0 Å². The van der Waals surface area contributed by atoms with Gasteiger partial charge in [0.05, 0.1) is 17.8 Å². The Bertz CT molecular complexity index is 822. The Hall–Kier alpha value is -2.73. The molecule has 0 fully saturated rings. The molecule has 2 aromatic rings. The van der Waals surface area contributed by atoms with Crippen LogP contribution in [-0.2, 0) is 4.79 Å². The third kappa shape index (κ3) is 3.14. The van der Waals surface area contributed by atoms with E-state index in [4.69, 9.17) is 21.1 Å². The summed E-state index contributed by atoms with van der Waals surface area (Å²) in [7, 11) is 1.51. The summed E-state index contributed by atoms with van der Waals surface area (Å²) < 4.78 is 10.5. The molecule has 2 N–H and O–H groups in total. The van der Waals surface area contributed by atoms with Gasteiger partial charge < -0.3 is 20.1 Å². The zero-order valence-electron chi connectivity index (χ0n) is 13.1. The standard InChI is InChI=1S/C17H15ClN2O4/c1-9-16(21)20-13-8-11(4-6-15(13)24-9)19-17(22)10-3-5-14(23-2)12(18)7-10/h3-9H,1-2H3,(H,19,22)(H,20,21)/t9-/m1/s1. The van der Waals surface area contributed by atoms with Gasteiger partial charge in [-0.05, 0) is 43.3 Å². The number of ether oxygens (including phenoxy) is 2. The fourth-order valence-electron chi connectivity index (χ4n) is 2.30. The minimum atomic E-state index is -0.542. The summed E-state index contributed by atoms with van der Waals surface area (Å²) in [5.41, 5.74) is 1.44. The Morgan fingerprint density at radius 1 is 1.29 bits per heavy atom. The number of methoxy groups -OCH3 is 1. The second kappa shape index (κ2) is 6.41. The fraction of sp³-hybridized carbons (Fsp3) is 0.176. The van der Waals surface area contributed by atoms with E-state index in [2.05, 4.69) is 10.6 Å². The van der Waals surface area contributed by atoms with E-state index in [1.54, 1.807) is 37.3 Å². The molecule has 124 valence electrons. The van der Waals surface area contributed by atoms with Crippen LogP contribution in [0.15, 0.2) is 36.4 Å². The van der Waals surface area contributed by atoms with Crippen LogP contribution >= 0.6 is 11.6 Å². The zero-order chi connectivity index (χ0) is 17.3. The average molecular weight is 347 g/mol. The van der Waals surface area contributed by atoms with Gasteiger partial charge in [-0.1, -0.05) is 11.6 Å². The molecule has 7 heteroatoms. The summed E-state index contributed by atoms with van der Waals surface area (Å²) in [6.07, 6.45) is -0.542. The van der Waals surface area contributed by atoms with E-state index in [-0.39, 0.29) is 11.8 Å². The highest BCUT2D eigenvalue weighted by molar-refractivity contribution is 6.32. The predicted molar refractivity (Wildman–Crippen MR) is 91.1 cm³/mol. The zero-order valence-corrected chi connectivity index (χ0v) is 13.8. The van der Waals surface area contributed by atoms with Crippen LogP contribution < -0.4 is 20.1 Å². The molecule has 0 saturated carbocycles. The van der Waals surface area contributed by atoms with Crippen molar-refractivity contribution in [2.45, 2.75) is 13.0 Å². The molecule has 0 spiro atoms. The van der Waals surface area contributed by atoms with Gasteiger partial charge in [0.2, 0.25) is 0 Å². The molecular weight excluding hydrogens is 332 g/mol. The normalized spacial score (nSPS) is 15.8. The summed E-state index contributed by atoms with van der Waals surface area (Å²) in [5.74, 6) is 0.507. The first kappa shape index (κ1) is 16.1. The van der Waals surface area contributed by atoms with Crippen molar-refractivity contribution in [3.05, 3.63) is 47.0 Å². The molecule has 0 saturated heterocycles. The number of amides is 2. The molecule has 0 radical (unpaired) electrons. The maximum Gasteiger partial charge on any atom is 0.265 e. The van der Waals surface area contributed by atoms with Gasteiger partial charge in [-0.25, -0.2) is 0 Å². The molecule has 6 nitrogen and oxygen atoms in total. The maximum absolute atomic E-state index is 12.3. The average Bonchev–Trinajstić information content (AvgIpc) is 2.56. The number of nitrogens with one attached hydrogen (secondary N) is 2. The number of anilines is 2. The molecule has 1 aliphatic rings. The smallest absolute Gasteiger partial charge is 0.265 e. The molecule has 0 aromatic heterocycles. The van der Waals surface area contributed by atoms with Crippen LogP contribution in [0.25, 0.3) is 0 Å². The maximum atomic E-state index is 12.3. The van der Waals surface area contributed by atoms with Crippen LogP contribution in [0.4, 0.5) is 11.4 Å². The summed E-state index contributed by atoms with van der Waals surface area (Å²) in [4.78, 5) is 24.0. The van der Waals surface area contributed by atoms with Crippen molar-refractivity contribution in [2.75, 3.05) is 17.7 Å². The summed E-state index contributed by atoms with van der Waals surface area (Å²) >= 11 is 6.03. The highest BCUT2D eigenvalue weighted by Gasteiger charge is 2.23. The van der Waals surface area contributed by atoms with Gasteiger partial charge in [0.25, 0.3) is 11.8 Å². The SMILES string of the molecule is COc1ccc(C(=O)Nc2ccc3c(c2)NC(=O)[C@@H](C)O3)cc1Cl. The van der Waals surface area contributed by atoms with Gasteiger partial charge in [-0.3, -0.25) is 9.59 Å². The van der Waals surface area contributed by atoms with E-state index >= 15 is 0 Å². The van der Waals surface area contributed by atoms with E-state index in [0.29, 0.717) is 33.5 Å². The van der Waals surface area contributed by atoms with Gasteiger partial charge in [-0.2, -0.15) is 0 Å². The van der Waals surface area contributed by atoms with Gasteiger partial charge >= 0.3 is 0 Å². The molecule has 2 aromatic carbocycles. The number of fused-ring (bicyclic) bond motifs is 1. The number of carbonyl (C=O) groups excluding carboxylic acids is 2. The molecule has 0 bridgehead atoms. The van der Waals surface area contributed by atoms with Crippen molar-refractivity contribution in [3.8, 4) is 11.5 Å². The van der Waals surface area contributed by atoms with Gasteiger partial charge in [0, 0.05) is 11.3 Å². The lowest BCUT2D eigenvalue weighted by molar-refractivity contribution is -0.122. The Morgan fingerprint density at radius 3 is 2.79 bits per heavy atom. The Labute approximate surface area is 143 Å². The van der Waals surface area contributed by atoms with Gasteiger partial charge in [0.15, 0.2) is 6.10 Å². The van der Waals surface area contributed by atoms with E-state index in [9.17, 15) is 9.59 Å². The lowest BCUT2D eigenvalue weighted by Crippen LogP contribution is -2.34. The van der Waals surface area contributed by atoms with Crippen LogP contribution in [0.1, 0.15) is 17.3 Å². The minimum Gasteiger partial charge on any atom is -0.495 e. The Morgan fingerprint density at radius 2 is 2.08 bits per heavy atom. The molecule has 3 rings (SSSR count). The monoisotopic (exact) mass is 346 g/mol. The van der Waals surface area contributed by atoms with E-state index < -0.39 is 6.10 Å². The van der Waals surface area contributed by atoms with Crippen LogP contribution in [0.3, 0.4) is 0 Å². The van der Waals surface area contributed by atoms with Crippen LogP contribution in [0.2, 0.25) is 5.02 Å². The molecule has 1 aliphatic heterocycles. The second-order valence-electron chi connectivity index (χ2n) is 5.26. The molecule has 0 unspecified atom stereocenters. The predicted octanol–water partition coefficient (Wildman–Crippen LogP) is 3.32. The molecular formula is C17H15ClN2O4. The van der Waals surface area contributed by atoms with Crippen molar-refractivity contribution in [2.24, 2.45) is 0 Å². The summed E-state index contributed by atoms with van der Waals surface area (Å²) in [6.45, 7) is 1.67. The first-order chi connectivity index (χ1) is 11.5.